The van der Waals surface area contributed by atoms with Gasteiger partial charge >= 0.3 is 172 Å². The second kappa shape index (κ2) is 10.1. The number of nitrogens with zero attached hydrogens (tertiary/aromatic N) is 2. The first-order chi connectivity index (χ1) is 14.9. The van der Waals surface area contributed by atoms with Crippen molar-refractivity contribution in [1.29, 1.82) is 0 Å². The number of carboxylic acids is 1. The van der Waals surface area contributed by atoms with Crippen LogP contribution >= 0.6 is 0 Å². The van der Waals surface area contributed by atoms with Crippen molar-refractivity contribution in [2.75, 3.05) is 7.11 Å². The molecule has 0 aliphatic heterocycles. The van der Waals surface area contributed by atoms with Crippen LogP contribution in [0.3, 0.4) is 0 Å². The molecule has 0 aliphatic rings. The molecule has 2 N–H and O–H groups in total. The van der Waals surface area contributed by atoms with E-state index in [1.165, 1.54) is 18.0 Å². The van der Waals surface area contributed by atoms with Crippen molar-refractivity contribution in [2.45, 2.75) is 19.8 Å². The average Bonchev–Trinajstić information content (AvgIpc) is 3.07. The number of aliphatic carboxylic acids is 1. The number of aliphatic imine (C=N–C) groups is 1. The standard InChI is InChI=1S/C22H21AsN3O5/c1-3-14-6-4-5-7-18(14)24-13-17-19(12-20(27)28)25-26(21(17)29)16-10-8-15(9-11-16)23-22(30)31-2/h4-11,13,25H,3,12H2,1-2H3,(H,27,28). The van der Waals surface area contributed by atoms with Gasteiger partial charge < -0.3 is 0 Å². The van der Waals surface area contributed by atoms with E-state index in [-0.39, 0.29) is 22.4 Å². The number of rotatable bonds is 8. The van der Waals surface area contributed by atoms with E-state index in [1.807, 2.05) is 31.2 Å². The summed E-state index contributed by atoms with van der Waals surface area (Å²) >= 11 is -0.779. The van der Waals surface area contributed by atoms with Gasteiger partial charge in [-0.25, -0.2) is 0 Å². The monoisotopic (exact) mass is 482 g/mol. The molecule has 3 aromatic rings. The molecule has 2 aromatic carbocycles. The summed E-state index contributed by atoms with van der Waals surface area (Å²) in [5, 5.41) is 12.1. The number of hydrogen-bond donors (Lipinski definition) is 2. The van der Waals surface area contributed by atoms with Crippen LogP contribution in [0.15, 0.2) is 58.3 Å². The van der Waals surface area contributed by atoms with Crippen LogP contribution in [-0.4, -0.2) is 54.7 Å². The van der Waals surface area contributed by atoms with E-state index in [1.54, 1.807) is 24.3 Å². The van der Waals surface area contributed by atoms with Crippen molar-refractivity contribution in [1.82, 2.24) is 9.78 Å². The fourth-order valence-corrected chi connectivity index (χ4v) is 4.25. The molecule has 9 heteroatoms. The number of H-pyrrole nitrogens is 1. The summed E-state index contributed by atoms with van der Waals surface area (Å²) in [6.07, 6.45) is 1.86. The average molecular weight is 482 g/mol. The van der Waals surface area contributed by atoms with Gasteiger partial charge in [0.1, 0.15) is 0 Å². The van der Waals surface area contributed by atoms with Crippen molar-refractivity contribution in [3.05, 3.63) is 75.7 Å². The Morgan fingerprint density at radius 1 is 1.19 bits per heavy atom. The maximum absolute atomic E-state index is 13.0. The van der Waals surface area contributed by atoms with Crippen molar-refractivity contribution in [3.8, 4) is 5.69 Å². The zero-order valence-corrected chi connectivity index (χ0v) is 18.9. The van der Waals surface area contributed by atoms with E-state index < -0.39 is 27.3 Å². The predicted molar refractivity (Wildman–Crippen MR) is 119 cm³/mol. The van der Waals surface area contributed by atoms with E-state index in [4.69, 9.17) is 4.74 Å². The molecule has 1 heterocycles. The Kier molecular flexibility index (Phi) is 7.26. The van der Waals surface area contributed by atoms with Gasteiger partial charge in [0.05, 0.1) is 0 Å². The second-order valence-electron chi connectivity index (χ2n) is 6.55. The number of ether oxygens (including phenoxy) is 1. The maximum atomic E-state index is 13.0. The third-order valence-corrected chi connectivity index (χ3v) is 6.47. The molecule has 1 aromatic heterocycles. The molecule has 0 spiro atoms. The molecule has 0 amide bonds. The van der Waals surface area contributed by atoms with Gasteiger partial charge in [0.2, 0.25) is 0 Å². The Morgan fingerprint density at radius 2 is 1.90 bits per heavy atom. The Labute approximate surface area is 185 Å². The third kappa shape index (κ3) is 5.41. The molecule has 31 heavy (non-hydrogen) atoms. The molecule has 0 fully saturated rings. The topological polar surface area (TPSA) is 114 Å². The number of carboxylic acid groups (broad SMARTS) is 1. The summed E-state index contributed by atoms with van der Waals surface area (Å²) in [5.74, 6) is -1.06. The van der Waals surface area contributed by atoms with Crippen molar-refractivity contribution in [3.63, 3.8) is 0 Å². The Hall–Kier alpha value is -3.38. The second-order valence-corrected chi connectivity index (χ2v) is 8.87. The number of para-hydroxylation sites is 1. The van der Waals surface area contributed by atoms with Crippen LogP contribution in [0.25, 0.3) is 5.69 Å². The molecule has 0 saturated carbocycles. The summed E-state index contributed by atoms with van der Waals surface area (Å²) < 4.78 is 6.54. The van der Waals surface area contributed by atoms with Crippen LogP contribution in [0.5, 0.6) is 0 Å². The van der Waals surface area contributed by atoms with Gasteiger partial charge in [-0.05, 0) is 0 Å². The van der Waals surface area contributed by atoms with Crippen molar-refractivity contribution in [2.24, 2.45) is 4.99 Å². The van der Waals surface area contributed by atoms with Crippen molar-refractivity contribution >= 4 is 42.7 Å². The van der Waals surface area contributed by atoms with Gasteiger partial charge in [0, 0.05) is 0 Å². The molecule has 0 aliphatic carbocycles. The van der Waals surface area contributed by atoms with Crippen molar-refractivity contribution < 1.29 is 19.4 Å². The number of hydrogen-bond acceptors (Lipinski definition) is 5. The number of carbonyl (C=O) groups excluding carboxylic acids is 1. The SMILES string of the molecule is CCc1ccccc1N=Cc1c(CC(=O)O)[nH]n(-c2ccc([As]C(=O)OC)cc2)c1=O. The fourth-order valence-electron chi connectivity index (χ4n) is 2.99. The van der Waals surface area contributed by atoms with E-state index in [9.17, 15) is 19.5 Å². The Morgan fingerprint density at radius 3 is 2.55 bits per heavy atom. The van der Waals surface area contributed by atoms with Crippen LogP contribution < -0.4 is 9.91 Å². The third-order valence-electron chi connectivity index (χ3n) is 4.54. The molecular weight excluding hydrogens is 461 g/mol. The molecule has 0 saturated heterocycles. The van der Waals surface area contributed by atoms with Crippen LogP contribution in [-0.2, 0) is 22.4 Å². The number of aryl methyl sites for hydroxylation is 1. The molecule has 159 valence electrons. The molecule has 3 rings (SSSR count). The number of carbonyl (C=O) groups is 2. The van der Waals surface area contributed by atoms with Crippen LogP contribution in [0, 0.1) is 0 Å². The zero-order valence-electron chi connectivity index (χ0n) is 17.0. The Bertz CT molecular complexity index is 1180. The predicted octanol–water partition coefficient (Wildman–Crippen LogP) is 2.20. The van der Waals surface area contributed by atoms with Gasteiger partial charge in [-0.3, -0.25) is 0 Å². The first-order valence-electron chi connectivity index (χ1n) is 9.50. The summed E-state index contributed by atoms with van der Waals surface area (Å²) in [6.45, 7) is 2.01. The van der Waals surface area contributed by atoms with Gasteiger partial charge in [0.25, 0.3) is 0 Å². The van der Waals surface area contributed by atoms with E-state index in [2.05, 4.69) is 10.1 Å². The quantitative estimate of drug-likeness (QED) is 0.378. The van der Waals surface area contributed by atoms with Crippen LogP contribution in [0.2, 0.25) is 0 Å². The molecule has 0 atom stereocenters. The van der Waals surface area contributed by atoms with Gasteiger partial charge in [-0.15, -0.1) is 0 Å². The van der Waals surface area contributed by atoms with E-state index in [0.29, 0.717) is 5.69 Å². The summed E-state index contributed by atoms with van der Waals surface area (Å²) in [6, 6.07) is 14.5. The minimum absolute atomic E-state index is 0.193. The number of nitrogens with one attached hydrogen (secondary N) is 1. The number of methoxy groups -OCH3 is 1. The molecule has 1 radical (unpaired) electrons. The summed E-state index contributed by atoms with van der Waals surface area (Å²) in [7, 11) is 1.34. The molecule has 0 bridgehead atoms. The molecule has 0 unspecified atom stereocenters. The number of aromatic nitrogens is 2. The number of aromatic amines is 1. The van der Waals surface area contributed by atoms with Gasteiger partial charge in [-0.1, -0.05) is 13.0 Å². The first-order valence-corrected chi connectivity index (χ1v) is 11.4. The summed E-state index contributed by atoms with van der Waals surface area (Å²) in [4.78, 5) is 40.3. The Balaban J connectivity index is 1.99. The molecule has 8 nitrogen and oxygen atoms in total. The van der Waals surface area contributed by atoms with Crippen LogP contribution in [0.1, 0.15) is 23.7 Å². The van der Waals surface area contributed by atoms with E-state index >= 15 is 0 Å². The van der Waals surface area contributed by atoms with E-state index in [0.717, 1.165) is 22.0 Å². The first kappa shape index (κ1) is 22.3. The fraction of sp³-hybridized carbons (Fsp3) is 0.182. The molecular formula is C22H21AsN3O5. The zero-order chi connectivity index (χ0) is 22.4. The van der Waals surface area contributed by atoms with Gasteiger partial charge in [0.15, 0.2) is 0 Å². The van der Waals surface area contributed by atoms with Gasteiger partial charge in [-0.2, -0.15) is 0 Å². The van der Waals surface area contributed by atoms with Crippen LogP contribution in [0.4, 0.5) is 10.5 Å². The number of benzene rings is 2. The summed E-state index contributed by atoms with van der Waals surface area (Å²) in [5.41, 5.74) is 2.34. The normalized spacial score (nSPS) is 11.4. The minimum atomic E-state index is -1.06.